The van der Waals surface area contributed by atoms with Gasteiger partial charge in [0.2, 0.25) is 17.6 Å². The van der Waals surface area contributed by atoms with Gasteiger partial charge in [0.1, 0.15) is 5.39 Å². The molecule has 2 N–H and O–H groups in total. The number of benzene rings is 2. The molecular formula is C24H16Cl2N8O2. The molecule has 1 aliphatic heterocycles. The Morgan fingerprint density at radius 2 is 1.75 bits per heavy atom. The fourth-order valence-corrected chi connectivity index (χ4v) is 4.63. The number of carbonyl (C=O) groups is 1. The molecule has 0 radical (unpaired) electrons. The van der Waals surface area contributed by atoms with Crippen molar-refractivity contribution in [3.8, 4) is 5.69 Å². The summed E-state index contributed by atoms with van der Waals surface area (Å²) in [5.74, 6) is 0.538. The first-order chi connectivity index (χ1) is 17.5. The van der Waals surface area contributed by atoms with E-state index in [1.165, 1.54) is 10.8 Å². The van der Waals surface area contributed by atoms with Crippen LogP contribution in [0, 0.1) is 0 Å². The van der Waals surface area contributed by atoms with Gasteiger partial charge in [-0.15, -0.1) is 0 Å². The zero-order valence-corrected chi connectivity index (χ0v) is 20.0. The Morgan fingerprint density at radius 1 is 0.972 bits per heavy atom. The second kappa shape index (κ2) is 8.74. The number of nitrogens with zero attached hydrogens (tertiary/aromatic N) is 6. The molecule has 0 saturated heterocycles. The Bertz CT molecular complexity index is 1740. The summed E-state index contributed by atoms with van der Waals surface area (Å²) in [4.78, 5) is 38.1. The first kappa shape index (κ1) is 22.2. The largest absolute Gasteiger partial charge is 0.324 e. The number of hydrogen-bond donors (Lipinski definition) is 2. The molecule has 36 heavy (non-hydrogen) atoms. The Balaban J connectivity index is 1.39. The maximum atomic E-state index is 13.5. The molecule has 4 heterocycles. The lowest BCUT2D eigenvalue weighted by Crippen LogP contribution is -2.25. The molecule has 6 rings (SSSR count). The fourth-order valence-electron chi connectivity index (χ4n) is 4.07. The number of para-hydroxylation sites is 1. The van der Waals surface area contributed by atoms with Crippen LogP contribution in [0.4, 0.5) is 11.6 Å². The molecule has 2 aromatic carbocycles. The van der Waals surface area contributed by atoms with E-state index in [0.29, 0.717) is 45.9 Å². The number of halogens is 2. The van der Waals surface area contributed by atoms with E-state index < -0.39 is 5.56 Å². The predicted octanol–water partition coefficient (Wildman–Crippen LogP) is 4.09. The first-order valence-corrected chi connectivity index (χ1v) is 11.7. The smallest absolute Gasteiger partial charge is 0.270 e. The lowest BCUT2D eigenvalue weighted by molar-refractivity contribution is -0.121. The Labute approximate surface area is 213 Å². The summed E-state index contributed by atoms with van der Waals surface area (Å²) in [6.07, 6.45) is 5.73. The van der Waals surface area contributed by atoms with Gasteiger partial charge in [-0.1, -0.05) is 41.4 Å². The zero-order chi connectivity index (χ0) is 24.8. The lowest BCUT2D eigenvalue weighted by Gasteiger charge is -2.14. The van der Waals surface area contributed by atoms with E-state index in [1.807, 2.05) is 24.3 Å². The van der Waals surface area contributed by atoms with Gasteiger partial charge in [0.25, 0.3) is 5.56 Å². The molecule has 0 bridgehead atoms. The van der Waals surface area contributed by atoms with E-state index in [0.717, 1.165) is 17.0 Å². The summed E-state index contributed by atoms with van der Waals surface area (Å²) in [7, 11) is 0. The summed E-state index contributed by atoms with van der Waals surface area (Å²) in [5.41, 5.74) is 5.32. The van der Waals surface area contributed by atoms with Crippen LogP contribution in [0.2, 0.25) is 10.0 Å². The predicted molar refractivity (Wildman–Crippen MR) is 138 cm³/mol. The van der Waals surface area contributed by atoms with Gasteiger partial charge >= 0.3 is 0 Å². The quantitative estimate of drug-likeness (QED) is 0.369. The van der Waals surface area contributed by atoms with Gasteiger partial charge in [-0.2, -0.15) is 10.1 Å². The molecule has 3 aromatic heterocycles. The van der Waals surface area contributed by atoms with Crippen molar-refractivity contribution in [3.05, 3.63) is 87.0 Å². The van der Waals surface area contributed by atoms with Gasteiger partial charge in [0.15, 0.2) is 5.65 Å². The third-order valence-corrected chi connectivity index (χ3v) is 6.40. The maximum absolute atomic E-state index is 13.5. The molecule has 0 fully saturated rings. The second-order valence-corrected chi connectivity index (χ2v) is 8.85. The van der Waals surface area contributed by atoms with Crippen molar-refractivity contribution in [1.82, 2.24) is 29.3 Å². The molecule has 178 valence electrons. The molecule has 0 atom stereocenters. The number of aromatic nitrogens is 5. The van der Waals surface area contributed by atoms with E-state index in [1.54, 1.807) is 35.0 Å². The van der Waals surface area contributed by atoms with Crippen molar-refractivity contribution in [2.75, 3.05) is 5.32 Å². The fraction of sp³-hybridized carbons (Fsp3) is 0.0833. The number of hydrogen-bond acceptors (Lipinski definition) is 7. The molecule has 0 saturated carbocycles. The van der Waals surface area contributed by atoms with Crippen LogP contribution in [0.3, 0.4) is 0 Å². The van der Waals surface area contributed by atoms with Crippen LogP contribution in [0.15, 0.2) is 71.0 Å². The highest BCUT2D eigenvalue weighted by Gasteiger charge is 2.19. The second-order valence-electron chi connectivity index (χ2n) is 8.03. The molecule has 0 aliphatic carbocycles. The summed E-state index contributed by atoms with van der Waals surface area (Å²) >= 11 is 12.8. The summed E-state index contributed by atoms with van der Waals surface area (Å²) in [5, 5.41) is 8.18. The molecule has 5 aromatic rings. The van der Waals surface area contributed by atoms with E-state index in [-0.39, 0.29) is 11.3 Å². The van der Waals surface area contributed by atoms with Crippen molar-refractivity contribution < 1.29 is 4.79 Å². The van der Waals surface area contributed by atoms with Crippen molar-refractivity contribution in [2.24, 2.45) is 5.10 Å². The molecule has 0 spiro atoms. The van der Waals surface area contributed by atoms with E-state index >= 15 is 0 Å². The summed E-state index contributed by atoms with van der Waals surface area (Å²) in [6, 6.07) is 12.6. The van der Waals surface area contributed by atoms with Crippen LogP contribution >= 0.6 is 23.2 Å². The highest BCUT2D eigenvalue weighted by molar-refractivity contribution is 6.37. The monoisotopic (exact) mass is 518 g/mol. The topological polar surface area (TPSA) is 119 Å². The maximum Gasteiger partial charge on any atom is 0.270 e. The standard InChI is InChI=1S/C24H16Cl2N8O2/c25-16-2-1-3-17(26)20(16)34-22(36)15-12-28-23(30-21(15)33-11-10-27-24(33)34)29-14-6-4-13(5-7-14)18-8-9-19(35)32-31-18/h1-7,10-12H,8-9H2,(H,32,35)(H,28,29,30). The number of carbonyl (C=O) groups excluding carboxylic acids is 1. The van der Waals surface area contributed by atoms with Crippen molar-refractivity contribution in [2.45, 2.75) is 12.8 Å². The van der Waals surface area contributed by atoms with Crippen LogP contribution in [0.1, 0.15) is 18.4 Å². The number of rotatable bonds is 4. The number of nitrogens with one attached hydrogen (secondary N) is 2. The Morgan fingerprint density at radius 3 is 2.47 bits per heavy atom. The number of fused-ring (bicyclic) bond motifs is 3. The van der Waals surface area contributed by atoms with Crippen LogP contribution < -0.4 is 16.3 Å². The summed E-state index contributed by atoms with van der Waals surface area (Å²) < 4.78 is 3.04. The van der Waals surface area contributed by atoms with Crippen molar-refractivity contribution in [3.63, 3.8) is 0 Å². The lowest BCUT2D eigenvalue weighted by atomic mass is 10.0. The van der Waals surface area contributed by atoms with Gasteiger partial charge < -0.3 is 5.32 Å². The van der Waals surface area contributed by atoms with Crippen LogP contribution in [-0.2, 0) is 4.79 Å². The minimum atomic E-state index is -0.394. The Kier molecular flexibility index (Phi) is 5.39. The number of anilines is 2. The minimum absolute atomic E-state index is 0.0841. The zero-order valence-electron chi connectivity index (χ0n) is 18.4. The minimum Gasteiger partial charge on any atom is -0.324 e. The van der Waals surface area contributed by atoms with E-state index in [9.17, 15) is 9.59 Å². The highest BCUT2D eigenvalue weighted by Crippen LogP contribution is 2.29. The van der Waals surface area contributed by atoms with Crippen LogP contribution in [0.25, 0.3) is 22.5 Å². The van der Waals surface area contributed by atoms with Gasteiger partial charge in [-0.25, -0.2) is 20.0 Å². The van der Waals surface area contributed by atoms with Gasteiger partial charge in [0, 0.05) is 37.1 Å². The number of hydrazone groups is 1. The van der Waals surface area contributed by atoms with Crippen molar-refractivity contribution >= 4 is 63.3 Å². The molecular weight excluding hydrogens is 503 g/mol. The first-order valence-electron chi connectivity index (χ1n) is 10.9. The number of amides is 1. The SMILES string of the molecule is O=C1CCC(c2ccc(Nc3ncc4c(=O)n(-c5c(Cl)cccc5Cl)c5nccn5c4n3)cc2)=NN1. The van der Waals surface area contributed by atoms with Crippen molar-refractivity contribution in [1.29, 1.82) is 0 Å². The van der Waals surface area contributed by atoms with Gasteiger partial charge in [-0.05, 0) is 29.8 Å². The third kappa shape index (κ3) is 3.76. The third-order valence-electron chi connectivity index (χ3n) is 5.79. The molecule has 1 aliphatic rings. The average Bonchev–Trinajstić information content (AvgIpc) is 3.37. The van der Waals surface area contributed by atoms with E-state index in [4.69, 9.17) is 23.2 Å². The summed E-state index contributed by atoms with van der Waals surface area (Å²) in [6.45, 7) is 0. The molecule has 10 nitrogen and oxygen atoms in total. The average molecular weight is 519 g/mol. The normalized spacial score (nSPS) is 13.6. The molecule has 0 unspecified atom stereocenters. The van der Waals surface area contributed by atoms with Gasteiger partial charge in [0.05, 0.1) is 21.4 Å². The number of imidazole rings is 1. The Hall–Kier alpha value is -4.28. The van der Waals surface area contributed by atoms with Gasteiger partial charge in [-0.3, -0.25) is 14.0 Å². The molecule has 1 amide bonds. The van der Waals surface area contributed by atoms with E-state index in [2.05, 4.69) is 30.8 Å². The van der Waals surface area contributed by atoms with Crippen LogP contribution in [0.5, 0.6) is 0 Å². The van der Waals surface area contributed by atoms with Crippen LogP contribution in [-0.4, -0.2) is 35.5 Å². The molecule has 12 heteroatoms. The highest BCUT2D eigenvalue weighted by atomic mass is 35.5.